The summed E-state index contributed by atoms with van der Waals surface area (Å²) in [5, 5.41) is 2.83. The quantitative estimate of drug-likeness (QED) is 0.842. The Bertz CT molecular complexity index is 789. The molecule has 1 N–H and O–H groups in total. The first-order chi connectivity index (χ1) is 13.1. The molecule has 0 unspecified atom stereocenters. The van der Waals surface area contributed by atoms with Gasteiger partial charge in [-0.05, 0) is 42.0 Å². The predicted molar refractivity (Wildman–Crippen MR) is 99.8 cm³/mol. The molecule has 1 heterocycles. The van der Waals surface area contributed by atoms with Crippen molar-refractivity contribution in [2.75, 3.05) is 32.8 Å². The number of methoxy groups -OCH3 is 2. The van der Waals surface area contributed by atoms with Gasteiger partial charge in [0.1, 0.15) is 24.1 Å². The van der Waals surface area contributed by atoms with Gasteiger partial charge >= 0.3 is 0 Å². The number of morpholine rings is 1. The maximum atomic E-state index is 12.7. The van der Waals surface area contributed by atoms with E-state index in [2.05, 4.69) is 5.32 Å². The Balaban J connectivity index is 1.71. The highest BCUT2D eigenvalue weighted by Crippen LogP contribution is 2.19. The van der Waals surface area contributed by atoms with Gasteiger partial charge in [-0.2, -0.15) is 0 Å². The van der Waals surface area contributed by atoms with Gasteiger partial charge in [0.05, 0.1) is 20.8 Å². The van der Waals surface area contributed by atoms with Crippen LogP contribution in [-0.4, -0.2) is 50.2 Å². The number of hydrogen-bond acceptors (Lipinski definition) is 5. The maximum absolute atomic E-state index is 12.7. The van der Waals surface area contributed by atoms with Crippen LogP contribution in [0.15, 0.2) is 48.5 Å². The van der Waals surface area contributed by atoms with Gasteiger partial charge in [-0.25, -0.2) is 0 Å². The lowest BCUT2D eigenvalue weighted by Gasteiger charge is -2.34. The lowest BCUT2D eigenvalue weighted by molar-refractivity contribution is -0.154. The van der Waals surface area contributed by atoms with E-state index in [1.807, 2.05) is 24.3 Å². The van der Waals surface area contributed by atoms with Crippen LogP contribution in [0.1, 0.15) is 5.56 Å². The molecule has 0 spiro atoms. The molecule has 2 aromatic carbocycles. The Kier molecular flexibility index (Phi) is 5.93. The van der Waals surface area contributed by atoms with Gasteiger partial charge in [-0.15, -0.1) is 0 Å². The summed E-state index contributed by atoms with van der Waals surface area (Å²) in [6.07, 6.45) is 0. The van der Waals surface area contributed by atoms with E-state index in [-0.39, 0.29) is 25.0 Å². The van der Waals surface area contributed by atoms with Crippen LogP contribution in [0.2, 0.25) is 0 Å². The first-order valence-corrected chi connectivity index (χ1v) is 8.56. The fourth-order valence-electron chi connectivity index (χ4n) is 2.85. The van der Waals surface area contributed by atoms with E-state index in [1.54, 1.807) is 43.4 Å². The summed E-state index contributed by atoms with van der Waals surface area (Å²) in [4.78, 5) is 26.6. The molecule has 7 nitrogen and oxygen atoms in total. The molecule has 2 amide bonds. The number of benzene rings is 2. The molecule has 142 valence electrons. The summed E-state index contributed by atoms with van der Waals surface area (Å²) < 4.78 is 15.6. The van der Waals surface area contributed by atoms with Gasteiger partial charge in [0.25, 0.3) is 0 Å². The summed E-state index contributed by atoms with van der Waals surface area (Å²) in [6.45, 7) is 0.458. The lowest BCUT2D eigenvalue weighted by Crippen LogP contribution is -2.54. The smallest absolute Gasteiger partial charge is 0.249 e. The number of anilines is 1. The molecule has 1 aliphatic rings. The number of hydrogen-bond donors (Lipinski definition) is 1. The van der Waals surface area contributed by atoms with E-state index in [4.69, 9.17) is 14.2 Å². The molecule has 7 heteroatoms. The molecular weight excluding hydrogens is 348 g/mol. The zero-order valence-electron chi connectivity index (χ0n) is 15.3. The lowest BCUT2D eigenvalue weighted by atomic mass is 10.1. The fraction of sp³-hybridized carbons (Fsp3) is 0.300. The number of carbonyl (C=O) groups is 2. The number of amides is 2. The highest BCUT2D eigenvalue weighted by Gasteiger charge is 2.34. The zero-order valence-corrected chi connectivity index (χ0v) is 15.3. The highest BCUT2D eigenvalue weighted by atomic mass is 16.5. The van der Waals surface area contributed by atoms with Gasteiger partial charge in [0.15, 0.2) is 0 Å². The van der Waals surface area contributed by atoms with Crippen molar-refractivity contribution < 1.29 is 23.8 Å². The molecule has 2 aromatic rings. The molecular formula is C20H22N2O5. The van der Waals surface area contributed by atoms with E-state index < -0.39 is 6.04 Å². The van der Waals surface area contributed by atoms with Crippen LogP contribution in [0.25, 0.3) is 0 Å². The minimum Gasteiger partial charge on any atom is -0.497 e. The van der Waals surface area contributed by atoms with Crippen LogP contribution in [0.5, 0.6) is 11.5 Å². The molecule has 0 saturated carbocycles. The van der Waals surface area contributed by atoms with Crippen LogP contribution in [0, 0.1) is 0 Å². The molecule has 1 fully saturated rings. The largest absolute Gasteiger partial charge is 0.497 e. The minimum absolute atomic E-state index is 0.0253. The summed E-state index contributed by atoms with van der Waals surface area (Å²) in [5.41, 5.74) is 1.54. The van der Waals surface area contributed by atoms with Crippen LogP contribution in [0.3, 0.4) is 0 Å². The first-order valence-electron chi connectivity index (χ1n) is 8.56. The highest BCUT2D eigenvalue weighted by molar-refractivity contribution is 5.98. The van der Waals surface area contributed by atoms with Crippen molar-refractivity contribution in [2.45, 2.75) is 12.6 Å². The fourth-order valence-corrected chi connectivity index (χ4v) is 2.85. The molecule has 0 bridgehead atoms. The van der Waals surface area contributed by atoms with Crippen LogP contribution in [0.4, 0.5) is 5.69 Å². The predicted octanol–water partition coefficient (Wildman–Crippen LogP) is 2.07. The Morgan fingerprint density at radius 3 is 2.26 bits per heavy atom. The van der Waals surface area contributed by atoms with Gasteiger partial charge in [-0.3, -0.25) is 9.59 Å². The van der Waals surface area contributed by atoms with Crippen molar-refractivity contribution >= 4 is 17.5 Å². The van der Waals surface area contributed by atoms with Gasteiger partial charge in [-0.1, -0.05) is 12.1 Å². The first kappa shape index (κ1) is 18.7. The van der Waals surface area contributed by atoms with E-state index in [0.29, 0.717) is 18.0 Å². The third-order valence-electron chi connectivity index (χ3n) is 4.37. The zero-order chi connectivity index (χ0) is 19.2. The Morgan fingerprint density at radius 1 is 1.07 bits per heavy atom. The van der Waals surface area contributed by atoms with Crippen LogP contribution >= 0.6 is 0 Å². The second-order valence-electron chi connectivity index (χ2n) is 6.12. The molecule has 1 aliphatic heterocycles. The number of nitrogens with one attached hydrogen (secondary N) is 1. The minimum atomic E-state index is -0.699. The van der Waals surface area contributed by atoms with Crippen LogP contribution in [-0.2, 0) is 20.9 Å². The van der Waals surface area contributed by atoms with Crippen molar-refractivity contribution in [3.63, 3.8) is 0 Å². The number of nitrogens with zero attached hydrogens (tertiary/aromatic N) is 1. The number of rotatable bonds is 6. The van der Waals surface area contributed by atoms with Crippen molar-refractivity contribution in [1.29, 1.82) is 0 Å². The summed E-state index contributed by atoms with van der Waals surface area (Å²) in [6, 6.07) is 13.7. The normalized spacial score (nSPS) is 16.7. The molecule has 27 heavy (non-hydrogen) atoms. The van der Waals surface area contributed by atoms with E-state index in [0.717, 1.165) is 11.3 Å². The van der Waals surface area contributed by atoms with E-state index in [9.17, 15) is 9.59 Å². The number of ether oxygens (including phenoxy) is 3. The molecule has 0 aliphatic carbocycles. The number of carbonyl (C=O) groups excluding carboxylic acids is 2. The monoisotopic (exact) mass is 370 g/mol. The van der Waals surface area contributed by atoms with Crippen LogP contribution < -0.4 is 14.8 Å². The van der Waals surface area contributed by atoms with Crippen molar-refractivity contribution in [1.82, 2.24) is 4.90 Å². The second-order valence-corrected chi connectivity index (χ2v) is 6.12. The van der Waals surface area contributed by atoms with Gasteiger partial charge < -0.3 is 24.4 Å². The maximum Gasteiger partial charge on any atom is 0.249 e. The second kappa shape index (κ2) is 8.55. The summed E-state index contributed by atoms with van der Waals surface area (Å²) >= 11 is 0. The standard InChI is InChI=1S/C20H22N2O5/c1-25-16-7-3-14(4-8-16)11-22-18(12-27-13-19(22)23)20(24)21-15-5-9-17(26-2)10-6-15/h3-10,18H,11-13H2,1-2H3,(H,21,24)/t18-/m0/s1. The summed E-state index contributed by atoms with van der Waals surface area (Å²) in [7, 11) is 3.18. The Labute approximate surface area is 157 Å². The molecule has 0 radical (unpaired) electrons. The molecule has 0 aromatic heterocycles. The van der Waals surface area contributed by atoms with Crippen molar-refractivity contribution in [3.8, 4) is 11.5 Å². The topological polar surface area (TPSA) is 77.1 Å². The molecule has 1 atom stereocenters. The van der Waals surface area contributed by atoms with E-state index >= 15 is 0 Å². The molecule has 1 saturated heterocycles. The summed E-state index contributed by atoms with van der Waals surface area (Å²) in [5.74, 6) is 0.930. The molecule has 3 rings (SSSR count). The van der Waals surface area contributed by atoms with Gasteiger partial charge in [0, 0.05) is 12.2 Å². The SMILES string of the molecule is COc1ccc(CN2C(=O)COC[C@H]2C(=O)Nc2ccc(OC)cc2)cc1. The Hall–Kier alpha value is -3.06. The van der Waals surface area contributed by atoms with Gasteiger partial charge in [0.2, 0.25) is 11.8 Å². The van der Waals surface area contributed by atoms with Crippen molar-refractivity contribution in [3.05, 3.63) is 54.1 Å². The Morgan fingerprint density at radius 2 is 1.67 bits per heavy atom. The average Bonchev–Trinajstić information content (AvgIpc) is 2.70. The average molecular weight is 370 g/mol. The van der Waals surface area contributed by atoms with E-state index in [1.165, 1.54) is 0 Å². The third-order valence-corrected chi connectivity index (χ3v) is 4.37. The van der Waals surface area contributed by atoms with Crippen molar-refractivity contribution in [2.24, 2.45) is 0 Å². The third kappa shape index (κ3) is 4.57.